The average Bonchev–Trinajstić information content (AvgIpc) is 3.45. The molecule has 2 aliphatic rings. The second kappa shape index (κ2) is 15.6. The first-order valence-corrected chi connectivity index (χ1v) is 16.9. The lowest BCUT2D eigenvalue weighted by Gasteiger charge is -2.41. The van der Waals surface area contributed by atoms with Gasteiger partial charge in [0.1, 0.15) is 23.4 Å². The first-order valence-electron chi connectivity index (χ1n) is 16.9. The number of piperazine rings is 1. The number of nitrogens with one attached hydrogen (secondary N) is 2. The maximum atomic E-state index is 12.4. The summed E-state index contributed by atoms with van der Waals surface area (Å²) < 4.78 is 7.53. The maximum absolute atomic E-state index is 12.4. The summed E-state index contributed by atoms with van der Waals surface area (Å²) in [7, 11) is 2.21. The van der Waals surface area contributed by atoms with Crippen molar-refractivity contribution in [1.82, 2.24) is 29.5 Å². The van der Waals surface area contributed by atoms with Crippen LogP contribution in [0.3, 0.4) is 0 Å². The number of hydrogen-bond donors (Lipinski definition) is 4. The van der Waals surface area contributed by atoms with Gasteiger partial charge in [-0.15, -0.1) is 0 Å². The third-order valence-electron chi connectivity index (χ3n) is 8.88. The number of rotatable bonds is 7. The van der Waals surface area contributed by atoms with Gasteiger partial charge in [-0.05, 0) is 77.3 Å². The van der Waals surface area contributed by atoms with Gasteiger partial charge in [0.15, 0.2) is 5.65 Å². The predicted molar refractivity (Wildman–Crippen MR) is 192 cm³/mol. The number of likely N-dealkylation sites (N-methyl/N-ethyl adjacent to an activating group) is 1. The fraction of sp³-hybridized carbons (Fsp3) is 0.472. The van der Waals surface area contributed by atoms with Crippen molar-refractivity contribution in [3.8, 4) is 11.3 Å². The van der Waals surface area contributed by atoms with Crippen LogP contribution in [0.1, 0.15) is 65.0 Å². The van der Waals surface area contributed by atoms with Gasteiger partial charge in [-0.3, -0.25) is 15.0 Å². The monoisotopic (exact) mass is 671 g/mol. The second-order valence-electron chi connectivity index (χ2n) is 13.8. The molecule has 0 bridgehead atoms. The number of nitrogen functional groups attached to an aromatic ring is 1. The van der Waals surface area contributed by atoms with Crippen LogP contribution in [0.5, 0.6) is 0 Å². The Morgan fingerprint density at radius 1 is 0.959 bits per heavy atom. The van der Waals surface area contributed by atoms with E-state index in [1.807, 2.05) is 57.2 Å². The number of carbonyl (C=O) groups excluding carboxylic acids is 1. The zero-order chi connectivity index (χ0) is 35.1. The Morgan fingerprint density at radius 2 is 1.59 bits per heavy atom. The summed E-state index contributed by atoms with van der Waals surface area (Å²) in [5.41, 5.74) is 11.0. The van der Waals surface area contributed by atoms with E-state index >= 15 is 0 Å². The van der Waals surface area contributed by atoms with Gasteiger partial charge in [-0.1, -0.05) is 30.3 Å². The van der Waals surface area contributed by atoms with Crippen molar-refractivity contribution in [3.05, 3.63) is 60.4 Å². The predicted octanol–water partition coefficient (Wildman–Crippen LogP) is 5.86. The highest BCUT2D eigenvalue weighted by Gasteiger charge is 2.30. The fourth-order valence-electron chi connectivity index (χ4n) is 6.46. The molecule has 262 valence electrons. The number of benzene rings is 2. The molecule has 1 aliphatic carbocycles. The summed E-state index contributed by atoms with van der Waals surface area (Å²) >= 11 is 0. The molecule has 6 rings (SSSR count). The smallest absolute Gasteiger partial charge is 0.412 e. The molecule has 13 heteroatoms. The second-order valence-corrected chi connectivity index (χ2v) is 13.8. The minimum absolute atomic E-state index is 0.287. The van der Waals surface area contributed by atoms with Crippen LogP contribution in [0, 0.1) is 0 Å². The molecule has 5 N–H and O–H groups in total. The molecular weight excluding hydrogens is 622 g/mol. The van der Waals surface area contributed by atoms with Gasteiger partial charge in [-0.2, -0.15) is 5.10 Å². The number of aliphatic carboxylic acids is 1. The Labute approximate surface area is 287 Å². The molecule has 2 fully saturated rings. The molecule has 3 heterocycles. The number of aromatic nitrogens is 4. The number of nitrogens with zero attached hydrogens (tertiary/aromatic N) is 6. The number of carboxylic acid groups (broad SMARTS) is 1. The number of hydrogen-bond acceptors (Lipinski definition) is 10. The standard InChI is InChI=1S/C34H45N9O2.C2H4O2/c1-34(2,3)45-33(44)39-28-8-6-5-7-24(28)21-36-25-11-9-23(10-12-25)30-29-31(35)37-22-38-32(29)43(40-30)27-15-13-26(14-16-27)42-19-17-41(4)18-20-42;1-2(3)4/h5-12,22,26-27,36H,13-21H2,1-4H3,(H,39,44)(H2,35,37,38);1H3,(H,3,4). The van der Waals surface area contributed by atoms with Gasteiger partial charge in [0, 0.05) is 62.6 Å². The molecule has 1 amide bonds. The molecule has 0 spiro atoms. The molecule has 1 saturated carbocycles. The number of nitrogens with two attached hydrogens (primary N) is 1. The Morgan fingerprint density at radius 3 is 2.24 bits per heavy atom. The van der Waals surface area contributed by atoms with E-state index in [-0.39, 0.29) is 6.04 Å². The summed E-state index contributed by atoms with van der Waals surface area (Å²) in [6, 6.07) is 16.8. The van der Waals surface area contributed by atoms with Gasteiger partial charge in [0.05, 0.1) is 11.4 Å². The summed E-state index contributed by atoms with van der Waals surface area (Å²) in [6.07, 6.45) is 5.55. The van der Waals surface area contributed by atoms with Gasteiger partial charge in [0.25, 0.3) is 5.97 Å². The van der Waals surface area contributed by atoms with Crippen LogP contribution >= 0.6 is 0 Å². The van der Waals surface area contributed by atoms with Crippen molar-refractivity contribution in [2.45, 2.75) is 77.6 Å². The highest BCUT2D eigenvalue weighted by atomic mass is 16.6. The van der Waals surface area contributed by atoms with Crippen LogP contribution in [0.2, 0.25) is 0 Å². The molecule has 1 aliphatic heterocycles. The molecule has 2 aromatic heterocycles. The number of carbonyl (C=O) groups is 2. The number of anilines is 3. The highest BCUT2D eigenvalue weighted by Crippen LogP contribution is 2.37. The first kappa shape index (κ1) is 35.6. The van der Waals surface area contributed by atoms with E-state index in [0.717, 1.165) is 79.5 Å². The van der Waals surface area contributed by atoms with Crippen molar-refractivity contribution < 1.29 is 19.4 Å². The van der Waals surface area contributed by atoms with Crippen molar-refractivity contribution in [2.24, 2.45) is 0 Å². The summed E-state index contributed by atoms with van der Waals surface area (Å²) in [4.78, 5) is 35.4. The molecule has 4 aromatic rings. The van der Waals surface area contributed by atoms with E-state index < -0.39 is 17.7 Å². The molecule has 0 unspecified atom stereocenters. The highest BCUT2D eigenvalue weighted by molar-refractivity contribution is 5.98. The normalized spacial score (nSPS) is 18.7. The minimum Gasteiger partial charge on any atom is -0.481 e. The molecule has 13 nitrogen and oxygen atoms in total. The van der Waals surface area contributed by atoms with Gasteiger partial charge in [0.2, 0.25) is 0 Å². The van der Waals surface area contributed by atoms with E-state index in [1.54, 1.807) is 0 Å². The van der Waals surface area contributed by atoms with Crippen LogP contribution in [0.15, 0.2) is 54.9 Å². The number of amides is 1. The van der Waals surface area contributed by atoms with Gasteiger partial charge >= 0.3 is 6.09 Å². The minimum atomic E-state index is -0.833. The van der Waals surface area contributed by atoms with E-state index in [9.17, 15) is 4.79 Å². The van der Waals surface area contributed by atoms with Crippen LogP contribution in [-0.4, -0.2) is 91.6 Å². The number of carboxylic acids is 1. The molecule has 49 heavy (non-hydrogen) atoms. The van der Waals surface area contributed by atoms with Gasteiger partial charge in [-0.25, -0.2) is 19.4 Å². The summed E-state index contributed by atoms with van der Waals surface area (Å²) in [5, 5.41) is 19.7. The average molecular weight is 672 g/mol. The topological polar surface area (TPSA) is 164 Å². The van der Waals surface area contributed by atoms with Crippen molar-refractivity contribution in [1.29, 1.82) is 0 Å². The Kier molecular flexibility index (Phi) is 11.4. The number of ether oxygens (including phenoxy) is 1. The molecule has 2 aromatic carbocycles. The van der Waals surface area contributed by atoms with Crippen molar-refractivity contribution in [3.63, 3.8) is 0 Å². The van der Waals surface area contributed by atoms with Crippen LogP contribution < -0.4 is 16.4 Å². The van der Waals surface area contributed by atoms with E-state index in [1.165, 1.54) is 19.2 Å². The van der Waals surface area contributed by atoms with E-state index in [0.29, 0.717) is 24.1 Å². The Hall–Kier alpha value is -4.75. The lowest BCUT2D eigenvalue weighted by molar-refractivity contribution is -0.134. The van der Waals surface area contributed by atoms with Crippen molar-refractivity contribution in [2.75, 3.05) is 49.6 Å². The Balaban J connectivity index is 0.00000111. The first-order chi connectivity index (χ1) is 23.4. The fourth-order valence-corrected chi connectivity index (χ4v) is 6.46. The largest absolute Gasteiger partial charge is 0.481 e. The zero-order valence-electron chi connectivity index (χ0n) is 29.1. The molecule has 1 saturated heterocycles. The number of fused-ring (bicyclic) bond motifs is 1. The third kappa shape index (κ3) is 9.45. The Bertz CT molecular complexity index is 1710. The van der Waals surface area contributed by atoms with E-state index in [4.69, 9.17) is 25.5 Å². The summed E-state index contributed by atoms with van der Waals surface area (Å²) in [5.74, 6) is -0.385. The van der Waals surface area contributed by atoms with Crippen molar-refractivity contribution >= 4 is 40.3 Å². The van der Waals surface area contributed by atoms with Gasteiger partial charge < -0.3 is 25.8 Å². The lowest BCUT2D eigenvalue weighted by Crippen LogP contribution is -2.49. The zero-order valence-corrected chi connectivity index (χ0v) is 29.1. The molecule has 0 atom stereocenters. The molecular formula is C36H49N9O4. The lowest BCUT2D eigenvalue weighted by atomic mass is 9.90. The van der Waals surface area contributed by atoms with E-state index in [2.05, 4.69) is 54.3 Å². The van der Waals surface area contributed by atoms with Crippen LogP contribution in [0.25, 0.3) is 22.3 Å². The summed E-state index contributed by atoms with van der Waals surface area (Å²) in [6.45, 7) is 11.8. The van der Waals surface area contributed by atoms with Crippen LogP contribution in [-0.2, 0) is 16.1 Å². The number of para-hydroxylation sites is 1. The quantitative estimate of drug-likeness (QED) is 0.186. The third-order valence-corrected chi connectivity index (χ3v) is 8.88. The SMILES string of the molecule is CC(=O)O.CN1CCN(C2CCC(n3nc(-c4ccc(NCc5ccccc5NC(=O)OC(C)(C)C)cc4)c4c(N)ncnc43)CC2)CC1. The molecule has 0 radical (unpaired) electrons. The maximum Gasteiger partial charge on any atom is 0.412 e. The van der Waals surface area contributed by atoms with Crippen LogP contribution in [0.4, 0.5) is 22.0 Å².